The minimum absolute atomic E-state index is 0.811. The van der Waals surface area contributed by atoms with Crippen LogP contribution in [0.3, 0.4) is 0 Å². The lowest BCUT2D eigenvalue weighted by atomic mass is 10.1. The fourth-order valence-corrected chi connectivity index (χ4v) is 2.22. The molecule has 0 fully saturated rings. The summed E-state index contributed by atoms with van der Waals surface area (Å²) in [6, 6.07) is 6.28. The third-order valence-corrected chi connectivity index (χ3v) is 3.44. The average molecular weight is 273 g/mol. The van der Waals surface area contributed by atoms with Crippen molar-refractivity contribution < 1.29 is 4.74 Å². The average Bonchev–Trinajstić information content (AvgIpc) is 2.65. The molecule has 0 aliphatic rings. The largest absolute Gasteiger partial charge is 0.453 e. The van der Waals surface area contributed by atoms with E-state index in [1.165, 1.54) is 11.1 Å². The van der Waals surface area contributed by atoms with Gasteiger partial charge >= 0.3 is 0 Å². The highest BCUT2D eigenvalue weighted by molar-refractivity contribution is 5.42. The Labute approximate surface area is 120 Å². The van der Waals surface area contributed by atoms with E-state index in [9.17, 15) is 0 Å². The molecule has 0 aliphatic carbocycles. The van der Waals surface area contributed by atoms with Crippen LogP contribution in [0.1, 0.15) is 29.4 Å². The highest BCUT2D eigenvalue weighted by atomic mass is 16.5. The molecule has 0 aliphatic heterocycles. The maximum Gasteiger partial charge on any atom is 0.171 e. The van der Waals surface area contributed by atoms with Gasteiger partial charge in [0.25, 0.3) is 0 Å². The number of nitrogens with zero attached hydrogens (tertiary/aromatic N) is 2. The molecule has 0 saturated heterocycles. The van der Waals surface area contributed by atoms with Gasteiger partial charge in [-0.1, -0.05) is 24.6 Å². The van der Waals surface area contributed by atoms with Crippen LogP contribution in [0.2, 0.25) is 0 Å². The first kappa shape index (κ1) is 14.6. The molecule has 0 saturated carbocycles. The Balaban J connectivity index is 2.32. The minimum atomic E-state index is 0.811. The Morgan fingerprint density at radius 1 is 1.25 bits per heavy atom. The van der Waals surface area contributed by atoms with Gasteiger partial charge in [0, 0.05) is 19.2 Å². The maximum atomic E-state index is 6.12. The highest BCUT2D eigenvalue weighted by Crippen LogP contribution is 2.30. The predicted octanol–water partition coefficient (Wildman–Crippen LogP) is 3.25. The van der Waals surface area contributed by atoms with Crippen LogP contribution in [0.15, 0.2) is 18.2 Å². The van der Waals surface area contributed by atoms with Crippen molar-refractivity contribution >= 4 is 0 Å². The molecule has 108 valence electrons. The number of ether oxygens (including phenoxy) is 1. The molecule has 1 aromatic carbocycles. The van der Waals surface area contributed by atoms with Crippen molar-refractivity contribution in [1.82, 2.24) is 15.1 Å². The second-order valence-electron chi connectivity index (χ2n) is 5.12. The normalized spacial score (nSPS) is 10.8. The van der Waals surface area contributed by atoms with Crippen LogP contribution in [-0.2, 0) is 13.6 Å². The Morgan fingerprint density at radius 3 is 2.60 bits per heavy atom. The Kier molecular flexibility index (Phi) is 4.45. The molecule has 4 heteroatoms. The van der Waals surface area contributed by atoms with E-state index in [4.69, 9.17) is 4.74 Å². The lowest BCUT2D eigenvalue weighted by Gasteiger charge is -2.12. The van der Waals surface area contributed by atoms with E-state index in [1.807, 2.05) is 31.6 Å². The Morgan fingerprint density at radius 2 is 2.00 bits per heavy atom. The van der Waals surface area contributed by atoms with Gasteiger partial charge in [-0.15, -0.1) is 0 Å². The zero-order valence-corrected chi connectivity index (χ0v) is 12.9. The second kappa shape index (κ2) is 6.09. The van der Waals surface area contributed by atoms with Gasteiger partial charge in [-0.3, -0.25) is 4.68 Å². The Hall–Kier alpha value is -1.81. The summed E-state index contributed by atoms with van der Waals surface area (Å²) >= 11 is 0. The summed E-state index contributed by atoms with van der Waals surface area (Å²) in [5.74, 6) is 1.75. The minimum Gasteiger partial charge on any atom is -0.453 e. The molecular formula is C16H23N3O. The van der Waals surface area contributed by atoms with Crippen LogP contribution < -0.4 is 10.1 Å². The third kappa shape index (κ3) is 3.02. The topological polar surface area (TPSA) is 39.1 Å². The number of nitrogens with one attached hydrogen (secondary N) is 1. The molecule has 4 nitrogen and oxygen atoms in total. The van der Waals surface area contributed by atoms with E-state index in [1.54, 1.807) is 0 Å². The monoisotopic (exact) mass is 273 g/mol. The molecule has 0 amide bonds. The Bertz CT molecular complexity index is 602. The van der Waals surface area contributed by atoms with Crippen LogP contribution in [0.5, 0.6) is 11.5 Å². The number of aromatic nitrogens is 2. The summed E-state index contributed by atoms with van der Waals surface area (Å²) < 4.78 is 7.97. The van der Waals surface area contributed by atoms with Crippen molar-refractivity contribution in [3.8, 4) is 11.5 Å². The SMILES string of the molecule is CCNCc1cc(C)ccc1Oc1c(C)nn(C)c1C. The molecule has 2 rings (SSSR count). The van der Waals surface area contributed by atoms with E-state index in [0.29, 0.717) is 0 Å². The molecule has 0 bridgehead atoms. The molecule has 0 radical (unpaired) electrons. The first-order valence-corrected chi connectivity index (χ1v) is 7.01. The predicted molar refractivity (Wildman–Crippen MR) is 81.3 cm³/mol. The number of benzene rings is 1. The van der Waals surface area contributed by atoms with Crippen molar-refractivity contribution in [2.45, 2.75) is 34.2 Å². The van der Waals surface area contributed by atoms with Crippen LogP contribution in [0.4, 0.5) is 0 Å². The van der Waals surface area contributed by atoms with Crippen molar-refractivity contribution in [2.24, 2.45) is 7.05 Å². The smallest absolute Gasteiger partial charge is 0.171 e. The van der Waals surface area contributed by atoms with Crippen LogP contribution in [0.25, 0.3) is 0 Å². The van der Waals surface area contributed by atoms with E-state index in [2.05, 4.69) is 36.4 Å². The van der Waals surface area contributed by atoms with E-state index in [0.717, 1.165) is 36.0 Å². The first-order chi connectivity index (χ1) is 9.52. The standard InChI is InChI=1S/C16H23N3O/c1-6-17-10-14-9-11(2)7-8-15(14)20-16-12(3)18-19(5)13(16)4/h7-9,17H,6,10H2,1-5H3. The summed E-state index contributed by atoms with van der Waals surface area (Å²) in [4.78, 5) is 0. The molecule has 20 heavy (non-hydrogen) atoms. The fourth-order valence-electron chi connectivity index (χ4n) is 2.22. The van der Waals surface area contributed by atoms with Crippen molar-refractivity contribution in [2.75, 3.05) is 6.54 Å². The zero-order valence-electron chi connectivity index (χ0n) is 12.9. The van der Waals surface area contributed by atoms with Gasteiger partial charge in [0.05, 0.1) is 5.69 Å². The van der Waals surface area contributed by atoms with Crippen LogP contribution in [0, 0.1) is 20.8 Å². The lowest BCUT2D eigenvalue weighted by Crippen LogP contribution is -2.12. The van der Waals surface area contributed by atoms with E-state index in [-0.39, 0.29) is 0 Å². The van der Waals surface area contributed by atoms with Gasteiger partial charge < -0.3 is 10.1 Å². The summed E-state index contributed by atoms with van der Waals surface area (Å²) in [6.45, 7) is 9.95. The fraction of sp³-hybridized carbons (Fsp3) is 0.438. The highest BCUT2D eigenvalue weighted by Gasteiger charge is 2.13. The van der Waals surface area contributed by atoms with Crippen LogP contribution >= 0.6 is 0 Å². The van der Waals surface area contributed by atoms with Crippen molar-refractivity contribution in [1.29, 1.82) is 0 Å². The number of hydrogen-bond acceptors (Lipinski definition) is 3. The van der Waals surface area contributed by atoms with Gasteiger partial charge in [-0.25, -0.2) is 0 Å². The molecule has 0 atom stereocenters. The molecule has 1 N–H and O–H groups in total. The number of aryl methyl sites for hydroxylation is 3. The van der Waals surface area contributed by atoms with E-state index < -0.39 is 0 Å². The number of hydrogen-bond donors (Lipinski definition) is 1. The van der Waals surface area contributed by atoms with Crippen molar-refractivity contribution in [3.05, 3.63) is 40.7 Å². The molecule has 0 unspecified atom stereocenters. The van der Waals surface area contributed by atoms with Crippen LogP contribution in [-0.4, -0.2) is 16.3 Å². The first-order valence-electron chi connectivity index (χ1n) is 7.01. The van der Waals surface area contributed by atoms with Gasteiger partial charge in [0.15, 0.2) is 5.75 Å². The molecule has 1 heterocycles. The van der Waals surface area contributed by atoms with Gasteiger partial charge in [0.2, 0.25) is 0 Å². The summed E-state index contributed by atoms with van der Waals surface area (Å²) in [5, 5.41) is 7.74. The van der Waals surface area contributed by atoms with E-state index >= 15 is 0 Å². The molecular weight excluding hydrogens is 250 g/mol. The lowest BCUT2D eigenvalue weighted by molar-refractivity contribution is 0.465. The molecule has 1 aromatic heterocycles. The maximum absolute atomic E-state index is 6.12. The molecule has 2 aromatic rings. The summed E-state index contributed by atoms with van der Waals surface area (Å²) in [6.07, 6.45) is 0. The quantitative estimate of drug-likeness (QED) is 0.909. The third-order valence-electron chi connectivity index (χ3n) is 3.44. The van der Waals surface area contributed by atoms with Gasteiger partial charge in [-0.05, 0) is 33.4 Å². The number of rotatable bonds is 5. The summed E-state index contributed by atoms with van der Waals surface area (Å²) in [5.41, 5.74) is 4.37. The van der Waals surface area contributed by atoms with Gasteiger partial charge in [-0.2, -0.15) is 5.10 Å². The second-order valence-corrected chi connectivity index (χ2v) is 5.12. The van der Waals surface area contributed by atoms with Gasteiger partial charge in [0.1, 0.15) is 11.4 Å². The molecule has 0 spiro atoms. The zero-order chi connectivity index (χ0) is 14.7. The van der Waals surface area contributed by atoms with Crippen molar-refractivity contribution in [3.63, 3.8) is 0 Å². The summed E-state index contributed by atoms with van der Waals surface area (Å²) in [7, 11) is 1.93.